The summed E-state index contributed by atoms with van der Waals surface area (Å²) in [5, 5.41) is 10.2. The van der Waals surface area contributed by atoms with Crippen LogP contribution in [0.15, 0.2) is 12.5 Å². The molecule has 0 radical (unpaired) electrons. The third kappa shape index (κ3) is 2.01. The number of anilines is 1. The standard InChI is InChI=1S/C11H12N6O2/c1-17-10-6(4-14-17)9(12-5-13-10)15-7-2-3-8(18)16-11(7)19/h4-5,7H,2-3H2,1H3,(H,12,13,15)(H,16,18,19). The number of aryl methyl sites for hydroxylation is 1. The molecule has 2 aromatic heterocycles. The quantitative estimate of drug-likeness (QED) is 0.711. The van der Waals surface area contributed by atoms with Gasteiger partial charge in [-0.2, -0.15) is 5.10 Å². The fraction of sp³-hybridized carbons (Fsp3) is 0.364. The second-order valence-corrected chi connectivity index (χ2v) is 4.38. The topological polar surface area (TPSA) is 102 Å². The minimum absolute atomic E-state index is 0.239. The molecule has 1 aliphatic rings. The molecule has 8 nitrogen and oxygen atoms in total. The van der Waals surface area contributed by atoms with Crippen LogP contribution in [0.4, 0.5) is 5.82 Å². The van der Waals surface area contributed by atoms with E-state index in [-0.39, 0.29) is 11.8 Å². The molecule has 0 spiro atoms. The number of nitrogens with zero attached hydrogens (tertiary/aromatic N) is 4. The van der Waals surface area contributed by atoms with E-state index in [0.29, 0.717) is 24.3 Å². The van der Waals surface area contributed by atoms with Crippen LogP contribution in [-0.4, -0.2) is 37.6 Å². The minimum atomic E-state index is -0.462. The number of carbonyl (C=O) groups excluding carboxylic acids is 2. The number of hydrogen-bond donors (Lipinski definition) is 2. The van der Waals surface area contributed by atoms with Gasteiger partial charge in [0.2, 0.25) is 11.8 Å². The van der Waals surface area contributed by atoms with E-state index in [1.54, 1.807) is 17.9 Å². The van der Waals surface area contributed by atoms with Gasteiger partial charge < -0.3 is 5.32 Å². The summed E-state index contributed by atoms with van der Waals surface area (Å²) in [4.78, 5) is 31.0. The highest BCUT2D eigenvalue weighted by molar-refractivity contribution is 6.02. The molecule has 1 aliphatic heterocycles. The number of fused-ring (bicyclic) bond motifs is 1. The fourth-order valence-electron chi connectivity index (χ4n) is 2.07. The molecule has 2 aromatic rings. The number of imide groups is 1. The Morgan fingerprint density at radius 1 is 1.42 bits per heavy atom. The Bertz CT molecular complexity index is 664. The molecule has 98 valence electrons. The van der Waals surface area contributed by atoms with Crippen molar-refractivity contribution in [1.82, 2.24) is 25.1 Å². The van der Waals surface area contributed by atoms with Crippen molar-refractivity contribution in [3.8, 4) is 0 Å². The summed E-state index contributed by atoms with van der Waals surface area (Å²) < 4.78 is 1.63. The summed E-state index contributed by atoms with van der Waals surface area (Å²) >= 11 is 0. The maximum Gasteiger partial charge on any atom is 0.249 e. The lowest BCUT2D eigenvalue weighted by Crippen LogP contribution is -2.47. The van der Waals surface area contributed by atoms with Crippen LogP contribution < -0.4 is 10.6 Å². The molecule has 19 heavy (non-hydrogen) atoms. The Hall–Kier alpha value is -2.51. The summed E-state index contributed by atoms with van der Waals surface area (Å²) in [7, 11) is 1.78. The molecule has 3 rings (SSSR count). The molecule has 0 bridgehead atoms. The van der Waals surface area contributed by atoms with Gasteiger partial charge in [0.15, 0.2) is 5.65 Å². The van der Waals surface area contributed by atoms with Crippen LogP contribution in [0.3, 0.4) is 0 Å². The molecular weight excluding hydrogens is 248 g/mol. The zero-order chi connectivity index (χ0) is 13.4. The highest BCUT2D eigenvalue weighted by Crippen LogP contribution is 2.20. The van der Waals surface area contributed by atoms with Crippen molar-refractivity contribution < 1.29 is 9.59 Å². The normalized spacial score (nSPS) is 19.5. The van der Waals surface area contributed by atoms with Gasteiger partial charge in [0.25, 0.3) is 0 Å². The van der Waals surface area contributed by atoms with Gasteiger partial charge in [-0.05, 0) is 6.42 Å². The lowest BCUT2D eigenvalue weighted by atomic mass is 10.1. The van der Waals surface area contributed by atoms with E-state index in [1.807, 2.05) is 0 Å². The highest BCUT2D eigenvalue weighted by atomic mass is 16.2. The molecule has 1 fully saturated rings. The maximum atomic E-state index is 11.7. The Labute approximate surface area is 108 Å². The van der Waals surface area contributed by atoms with Crippen LogP contribution in [0, 0.1) is 0 Å². The lowest BCUT2D eigenvalue weighted by Gasteiger charge is -2.22. The van der Waals surface area contributed by atoms with E-state index in [1.165, 1.54) is 6.33 Å². The van der Waals surface area contributed by atoms with Gasteiger partial charge in [0.05, 0.1) is 11.6 Å². The number of rotatable bonds is 2. The van der Waals surface area contributed by atoms with Crippen LogP contribution in [0.5, 0.6) is 0 Å². The monoisotopic (exact) mass is 260 g/mol. The third-order valence-corrected chi connectivity index (χ3v) is 3.08. The van der Waals surface area contributed by atoms with E-state index < -0.39 is 6.04 Å². The Kier molecular flexibility index (Phi) is 2.62. The zero-order valence-corrected chi connectivity index (χ0v) is 10.3. The molecule has 3 heterocycles. The van der Waals surface area contributed by atoms with Crippen molar-refractivity contribution >= 4 is 28.7 Å². The van der Waals surface area contributed by atoms with Crippen LogP contribution in [0.1, 0.15) is 12.8 Å². The van der Waals surface area contributed by atoms with Gasteiger partial charge >= 0.3 is 0 Å². The van der Waals surface area contributed by atoms with Crippen LogP contribution in [-0.2, 0) is 16.6 Å². The molecule has 2 amide bonds. The van der Waals surface area contributed by atoms with Crippen LogP contribution in [0.2, 0.25) is 0 Å². The second-order valence-electron chi connectivity index (χ2n) is 4.38. The molecule has 8 heteroatoms. The van der Waals surface area contributed by atoms with E-state index in [0.717, 1.165) is 5.39 Å². The SMILES string of the molecule is Cn1ncc2c(NC3CCC(=O)NC3=O)ncnc21. The molecule has 0 aliphatic carbocycles. The number of nitrogens with one attached hydrogen (secondary N) is 2. The molecule has 0 saturated carbocycles. The first-order valence-corrected chi connectivity index (χ1v) is 5.88. The van der Waals surface area contributed by atoms with Gasteiger partial charge in [-0.1, -0.05) is 0 Å². The van der Waals surface area contributed by atoms with Gasteiger partial charge in [-0.3, -0.25) is 19.6 Å². The summed E-state index contributed by atoms with van der Waals surface area (Å²) in [6.45, 7) is 0. The van der Waals surface area contributed by atoms with E-state index >= 15 is 0 Å². The largest absolute Gasteiger partial charge is 0.358 e. The predicted molar refractivity (Wildman–Crippen MR) is 66.1 cm³/mol. The number of piperidine rings is 1. The van der Waals surface area contributed by atoms with Crippen molar-refractivity contribution in [3.63, 3.8) is 0 Å². The number of aromatic nitrogens is 4. The maximum absolute atomic E-state index is 11.7. The summed E-state index contributed by atoms with van der Waals surface area (Å²) in [5.74, 6) is -0.0169. The third-order valence-electron chi connectivity index (χ3n) is 3.08. The molecule has 1 atom stereocenters. The summed E-state index contributed by atoms with van der Waals surface area (Å²) in [6.07, 6.45) is 3.84. The van der Waals surface area contributed by atoms with E-state index in [9.17, 15) is 9.59 Å². The van der Waals surface area contributed by atoms with E-state index in [2.05, 4.69) is 25.7 Å². The Balaban J connectivity index is 1.89. The Morgan fingerprint density at radius 3 is 3.05 bits per heavy atom. The van der Waals surface area contributed by atoms with Gasteiger partial charge in [-0.15, -0.1) is 0 Å². The van der Waals surface area contributed by atoms with Gasteiger partial charge in [0, 0.05) is 13.5 Å². The average Bonchev–Trinajstić information content (AvgIpc) is 2.76. The zero-order valence-electron chi connectivity index (χ0n) is 10.3. The molecular formula is C11H12N6O2. The van der Waals surface area contributed by atoms with Crippen molar-refractivity contribution in [2.24, 2.45) is 7.05 Å². The first kappa shape index (κ1) is 11.6. The molecule has 2 N–H and O–H groups in total. The molecule has 1 unspecified atom stereocenters. The van der Waals surface area contributed by atoms with Gasteiger partial charge in [0.1, 0.15) is 18.2 Å². The first-order valence-electron chi connectivity index (χ1n) is 5.88. The molecule has 0 aromatic carbocycles. The van der Waals surface area contributed by atoms with Crippen molar-refractivity contribution in [2.75, 3.05) is 5.32 Å². The highest BCUT2D eigenvalue weighted by Gasteiger charge is 2.27. The van der Waals surface area contributed by atoms with Crippen LogP contribution >= 0.6 is 0 Å². The Morgan fingerprint density at radius 2 is 2.26 bits per heavy atom. The lowest BCUT2D eigenvalue weighted by molar-refractivity contribution is -0.133. The number of hydrogen-bond acceptors (Lipinski definition) is 6. The van der Waals surface area contributed by atoms with Crippen molar-refractivity contribution in [1.29, 1.82) is 0 Å². The fourth-order valence-corrected chi connectivity index (χ4v) is 2.07. The number of carbonyl (C=O) groups is 2. The van der Waals surface area contributed by atoms with Crippen molar-refractivity contribution in [3.05, 3.63) is 12.5 Å². The second kappa shape index (κ2) is 4.30. The minimum Gasteiger partial charge on any atom is -0.358 e. The molecule has 1 saturated heterocycles. The summed E-state index contributed by atoms with van der Waals surface area (Å²) in [6, 6.07) is -0.462. The smallest absolute Gasteiger partial charge is 0.249 e. The van der Waals surface area contributed by atoms with E-state index in [4.69, 9.17) is 0 Å². The predicted octanol–water partition coefficient (Wildman–Crippen LogP) is -0.420. The van der Waals surface area contributed by atoms with Crippen LogP contribution in [0.25, 0.3) is 11.0 Å². The summed E-state index contributed by atoms with van der Waals surface area (Å²) in [5.41, 5.74) is 0.685. The number of amides is 2. The first-order chi connectivity index (χ1) is 9.15. The average molecular weight is 260 g/mol. The van der Waals surface area contributed by atoms with Gasteiger partial charge in [-0.25, -0.2) is 9.97 Å². The van der Waals surface area contributed by atoms with Crippen molar-refractivity contribution in [2.45, 2.75) is 18.9 Å².